The highest BCUT2D eigenvalue weighted by molar-refractivity contribution is 5.27. The molecule has 1 heterocycles. The average molecular weight is 248 g/mol. The molecule has 1 atom stereocenters. The summed E-state index contributed by atoms with van der Waals surface area (Å²) in [6.07, 6.45) is 3.52. The van der Waals surface area contributed by atoms with E-state index in [0.29, 0.717) is 6.04 Å². The molecule has 0 bridgehead atoms. The van der Waals surface area contributed by atoms with E-state index in [2.05, 4.69) is 29.2 Å². The first kappa shape index (κ1) is 13.4. The number of rotatable bonds is 5. The van der Waals surface area contributed by atoms with Crippen molar-refractivity contribution in [1.82, 2.24) is 4.90 Å². The Kier molecular flexibility index (Phi) is 5.02. The minimum absolute atomic E-state index is 0.374. The molecule has 100 valence electrons. The average Bonchev–Trinajstić information content (AvgIpc) is 2.38. The van der Waals surface area contributed by atoms with Crippen molar-refractivity contribution in [2.24, 2.45) is 5.73 Å². The first-order valence-electron chi connectivity index (χ1n) is 6.97. The van der Waals surface area contributed by atoms with Gasteiger partial charge in [0.1, 0.15) is 5.75 Å². The Morgan fingerprint density at radius 2 is 2.11 bits per heavy atom. The van der Waals surface area contributed by atoms with Crippen LogP contribution in [-0.2, 0) is 6.42 Å². The van der Waals surface area contributed by atoms with E-state index in [1.54, 1.807) is 0 Å². The lowest BCUT2D eigenvalue weighted by Gasteiger charge is -2.30. The normalized spacial score (nSPS) is 20.9. The lowest BCUT2D eigenvalue weighted by atomic mass is 10.1. The minimum Gasteiger partial charge on any atom is -0.494 e. The Labute approximate surface area is 110 Å². The van der Waals surface area contributed by atoms with Gasteiger partial charge in [0.2, 0.25) is 0 Å². The summed E-state index contributed by atoms with van der Waals surface area (Å²) in [6, 6.07) is 8.81. The van der Waals surface area contributed by atoms with Gasteiger partial charge in [0.15, 0.2) is 0 Å². The van der Waals surface area contributed by atoms with Gasteiger partial charge in [0, 0.05) is 19.1 Å². The summed E-state index contributed by atoms with van der Waals surface area (Å²) in [7, 11) is 0. The van der Waals surface area contributed by atoms with Gasteiger partial charge in [-0.3, -0.25) is 0 Å². The molecule has 3 nitrogen and oxygen atoms in total. The van der Waals surface area contributed by atoms with E-state index in [1.807, 2.05) is 6.92 Å². The van der Waals surface area contributed by atoms with E-state index in [4.69, 9.17) is 10.5 Å². The summed E-state index contributed by atoms with van der Waals surface area (Å²) in [6.45, 7) is 6.10. The molecule has 1 aromatic carbocycles. The molecule has 0 radical (unpaired) electrons. The van der Waals surface area contributed by atoms with E-state index in [9.17, 15) is 0 Å². The molecule has 0 aliphatic carbocycles. The Morgan fingerprint density at radius 1 is 1.33 bits per heavy atom. The highest BCUT2D eigenvalue weighted by atomic mass is 16.5. The third kappa shape index (κ3) is 4.00. The van der Waals surface area contributed by atoms with Crippen LogP contribution in [0.1, 0.15) is 25.3 Å². The Hall–Kier alpha value is -1.06. The van der Waals surface area contributed by atoms with Crippen molar-refractivity contribution in [3.63, 3.8) is 0 Å². The lowest BCUT2D eigenvalue weighted by molar-refractivity contribution is 0.211. The fourth-order valence-corrected chi connectivity index (χ4v) is 2.50. The Bertz CT molecular complexity index is 350. The fourth-order valence-electron chi connectivity index (χ4n) is 2.50. The molecular weight excluding hydrogens is 224 g/mol. The van der Waals surface area contributed by atoms with Crippen molar-refractivity contribution in [3.05, 3.63) is 29.8 Å². The highest BCUT2D eigenvalue weighted by Gasteiger charge is 2.15. The fraction of sp³-hybridized carbons (Fsp3) is 0.600. The van der Waals surface area contributed by atoms with Crippen molar-refractivity contribution < 1.29 is 4.74 Å². The van der Waals surface area contributed by atoms with E-state index in [1.165, 1.54) is 24.9 Å². The summed E-state index contributed by atoms with van der Waals surface area (Å²) in [5.41, 5.74) is 7.36. The standard InChI is InChI=1S/C15H24N2O/c1-2-18-15-7-5-13(6-8-15)9-11-17-10-3-4-14(16)12-17/h5-8,14H,2-4,9-12,16H2,1H3/t14-/m0/s1. The number of piperidine rings is 1. The zero-order valence-corrected chi connectivity index (χ0v) is 11.3. The van der Waals surface area contributed by atoms with Gasteiger partial charge in [-0.25, -0.2) is 0 Å². The van der Waals surface area contributed by atoms with Crippen LogP contribution in [0.25, 0.3) is 0 Å². The van der Waals surface area contributed by atoms with E-state index < -0.39 is 0 Å². The van der Waals surface area contributed by atoms with Crippen LogP contribution >= 0.6 is 0 Å². The molecule has 1 aliphatic heterocycles. The van der Waals surface area contributed by atoms with Gasteiger partial charge in [-0.15, -0.1) is 0 Å². The third-order valence-corrected chi connectivity index (χ3v) is 3.49. The number of hydrogen-bond donors (Lipinski definition) is 1. The molecule has 2 N–H and O–H groups in total. The van der Waals surface area contributed by atoms with E-state index in [-0.39, 0.29) is 0 Å². The topological polar surface area (TPSA) is 38.5 Å². The molecule has 1 aromatic rings. The van der Waals surface area contributed by atoms with Gasteiger partial charge in [-0.2, -0.15) is 0 Å². The largest absolute Gasteiger partial charge is 0.494 e. The molecule has 3 heteroatoms. The predicted molar refractivity (Wildman–Crippen MR) is 75.0 cm³/mol. The van der Waals surface area contributed by atoms with Crippen molar-refractivity contribution in [3.8, 4) is 5.75 Å². The predicted octanol–water partition coefficient (Wildman–Crippen LogP) is 2.05. The maximum Gasteiger partial charge on any atom is 0.119 e. The van der Waals surface area contributed by atoms with Crippen LogP contribution in [0.15, 0.2) is 24.3 Å². The van der Waals surface area contributed by atoms with Crippen LogP contribution in [0, 0.1) is 0 Å². The van der Waals surface area contributed by atoms with E-state index >= 15 is 0 Å². The van der Waals surface area contributed by atoms with Crippen molar-refractivity contribution in [2.75, 3.05) is 26.2 Å². The molecule has 18 heavy (non-hydrogen) atoms. The zero-order chi connectivity index (χ0) is 12.8. The summed E-state index contributed by atoms with van der Waals surface area (Å²) in [5, 5.41) is 0. The van der Waals surface area contributed by atoms with Crippen LogP contribution in [-0.4, -0.2) is 37.2 Å². The molecule has 1 aliphatic rings. The molecule has 0 spiro atoms. The number of benzene rings is 1. The SMILES string of the molecule is CCOc1ccc(CCN2CCC[C@H](N)C2)cc1. The lowest BCUT2D eigenvalue weighted by Crippen LogP contribution is -2.43. The third-order valence-electron chi connectivity index (χ3n) is 3.49. The summed E-state index contributed by atoms with van der Waals surface area (Å²) in [4.78, 5) is 2.48. The number of nitrogens with zero attached hydrogens (tertiary/aromatic N) is 1. The Morgan fingerprint density at radius 3 is 2.78 bits per heavy atom. The number of nitrogens with two attached hydrogens (primary N) is 1. The minimum atomic E-state index is 0.374. The van der Waals surface area contributed by atoms with Gasteiger partial charge in [0.05, 0.1) is 6.61 Å². The van der Waals surface area contributed by atoms with Crippen LogP contribution in [0.3, 0.4) is 0 Å². The zero-order valence-electron chi connectivity index (χ0n) is 11.3. The number of likely N-dealkylation sites (tertiary alicyclic amines) is 1. The molecule has 1 fully saturated rings. The van der Waals surface area contributed by atoms with Crippen molar-refractivity contribution in [1.29, 1.82) is 0 Å². The van der Waals surface area contributed by atoms with Crippen LogP contribution in [0.2, 0.25) is 0 Å². The molecular formula is C15H24N2O. The van der Waals surface area contributed by atoms with Gasteiger partial charge in [-0.1, -0.05) is 12.1 Å². The maximum absolute atomic E-state index is 5.99. The molecule has 2 rings (SSSR count). The summed E-state index contributed by atoms with van der Waals surface area (Å²) in [5.74, 6) is 0.959. The molecule has 0 aromatic heterocycles. The van der Waals surface area contributed by atoms with Gasteiger partial charge in [0.25, 0.3) is 0 Å². The summed E-state index contributed by atoms with van der Waals surface area (Å²) >= 11 is 0. The van der Waals surface area contributed by atoms with Gasteiger partial charge < -0.3 is 15.4 Å². The summed E-state index contributed by atoms with van der Waals surface area (Å²) < 4.78 is 5.44. The second-order valence-electron chi connectivity index (χ2n) is 5.03. The molecule has 0 amide bonds. The number of ether oxygens (including phenoxy) is 1. The van der Waals surface area contributed by atoms with Crippen LogP contribution in [0.4, 0.5) is 0 Å². The smallest absolute Gasteiger partial charge is 0.119 e. The van der Waals surface area contributed by atoms with E-state index in [0.717, 1.165) is 31.9 Å². The molecule has 1 saturated heterocycles. The van der Waals surface area contributed by atoms with Crippen LogP contribution < -0.4 is 10.5 Å². The first-order chi connectivity index (χ1) is 8.78. The molecule has 0 saturated carbocycles. The quantitative estimate of drug-likeness (QED) is 0.866. The first-order valence-corrected chi connectivity index (χ1v) is 6.97. The maximum atomic E-state index is 5.99. The second kappa shape index (κ2) is 6.76. The van der Waals surface area contributed by atoms with Gasteiger partial charge >= 0.3 is 0 Å². The Balaban J connectivity index is 1.78. The monoisotopic (exact) mass is 248 g/mol. The second-order valence-corrected chi connectivity index (χ2v) is 5.03. The van der Waals surface area contributed by atoms with Crippen LogP contribution in [0.5, 0.6) is 5.75 Å². The molecule has 0 unspecified atom stereocenters. The highest BCUT2D eigenvalue weighted by Crippen LogP contribution is 2.14. The van der Waals surface area contributed by atoms with Crippen molar-refractivity contribution in [2.45, 2.75) is 32.2 Å². The van der Waals surface area contributed by atoms with Gasteiger partial charge in [-0.05, 0) is 50.4 Å². The number of hydrogen-bond acceptors (Lipinski definition) is 3. The van der Waals surface area contributed by atoms with Crippen molar-refractivity contribution >= 4 is 0 Å².